The molecule has 5 nitrogen and oxygen atoms in total. The molecule has 0 atom stereocenters. The predicted molar refractivity (Wildman–Crippen MR) is 95.2 cm³/mol. The van der Waals surface area contributed by atoms with Crippen LogP contribution in [0.4, 0.5) is 0 Å². The molecule has 0 spiro atoms. The number of hydrogen-bond acceptors (Lipinski definition) is 5. The molecule has 0 unspecified atom stereocenters. The van der Waals surface area contributed by atoms with Gasteiger partial charge in [0.05, 0.1) is 6.20 Å². The van der Waals surface area contributed by atoms with E-state index < -0.39 is 0 Å². The van der Waals surface area contributed by atoms with E-state index in [2.05, 4.69) is 19.7 Å². The molecular formula is C19H32N4O. The highest BCUT2D eigenvalue weighted by molar-refractivity contribution is 4.96. The Morgan fingerprint density at radius 1 is 1.00 bits per heavy atom. The molecule has 4 rings (SSSR count). The second kappa shape index (κ2) is 7.54. The molecule has 3 fully saturated rings. The molecule has 0 radical (unpaired) electrons. The van der Waals surface area contributed by atoms with Gasteiger partial charge in [-0.05, 0) is 12.8 Å². The van der Waals surface area contributed by atoms with E-state index in [1.165, 1.54) is 71.4 Å². The van der Waals surface area contributed by atoms with Crippen molar-refractivity contribution in [1.29, 1.82) is 0 Å². The number of aromatic nitrogens is 1. The summed E-state index contributed by atoms with van der Waals surface area (Å²) in [5.74, 6) is 1.80. The first-order valence-corrected chi connectivity index (χ1v) is 9.90. The fraction of sp³-hybridized carbons (Fsp3) is 0.842. The van der Waals surface area contributed by atoms with Crippen LogP contribution in [0.3, 0.4) is 0 Å². The topological polar surface area (TPSA) is 35.8 Å². The summed E-state index contributed by atoms with van der Waals surface area (Å²) in [4.78, 5) is 12.2. The third-order valence-electron chi connectivity index (χ3n) is 6.24. The van der Waals surface area contributed by atoms with Gasteiger partial charge in [-0.2, -0.15) is 0 Å². The van der Waals surface area contributed by atoms with E-state index in [0.29, 0.717) is 0 Å². The average Bonchev–Trinajstić information content (AvgIpc) is 3.00. The Hall–Kier alpha value is -0.910. The largest absolute Gasteiger partial charge is 0.446 e. The summed E-state index contributed by atoms with van der Waals surface area (Å²) >= 11 is 0. The molecule has 1 aromatic rings. The lowest BCUT2D eigenvalue weighted by Gasteiger charge is -2.49. The summed E-state index contributed by atoms with van der Waals surface area (Å²) in [5.41, 5.74) is 0. The molecular weight excluding hydrogens is 300 g/mol. The molecule has 0 N–H and O–H groups in total. The monoisotopic (exact) mass is 332 g/mol. The Morgan fingerprint density at radius 2 is 1.67 bits per heavy atom. The molecule has 5 heteroatoms. The molecule has 0 aromatic carbocycles. The van der Waals surface area contributed by atoms with Crippen molar-refractivity contribution >= 4 is 0 Å². The first kappa shape index (κ1) is 16.6. The number of nitrogens with zero attached hydrogens (tertiary/aromatic N) is 4. The lowest BCUT2D eigenvalue weighted by atomic mass is 9.93. The van der Waals surface area contributed by atoms with Gasteiger partial charge in [0.1, 0.15) is 5.76 Å². The lowest BCUT2D eigenvalue weighted by Crippen LogP contribution is -2.63. The smallest absolute Gasteiger partial charge is 0.191 e. The standard InChI is InChI=1S/C19H32N4O/c1-16-20-13-19(24-16)7-8-21-14-18(15-21)23-11-9-22(10-12-23)17-5-3-2-4-6-17/h13,17-18H,2-12,14-15H2,1H3. The molecule has 0 bridgehead atoms. The zero-order valence-corrected chi connectivity index (χ0v) is 15.1. The Bertz CT molecular complexity index is 511. The Balaban J connectivity index is 1.14. The van der Waals surface area contributed by atoms with Crippen LogP contribution in [-0.2, 0) is 6.42 Å². The normalized spacial score (nSPS) is 25.9. The molecule has 134 valence electrons. The lowest BCUT2D eigenvalue weighted by molar-refractivity contribution is -0.00702. The SMILES string of the molecule is Cc1ncc(CCN2CC(N3CCN(C4CCCCC4)CC3)C2)o1. The number of hydrogen-bond donors (Lipinski definition) is 0. The summed E-state index contributed by atoms with van der Waals surface area (Å²) < 4.78 is 5.56. The highest BCUT2D eigenvalue weighted by atomic mass is 16.3. The van der Waals surface area contributed by atoms with Gasteiger partial charge in [0, 0.05) is 71.2 Å². The van der Waals surface area contributed by atoms with Gasteiger partial charge in [0.2, 0.25) is 0 Å². The van der Waals surface area contributed by atoms with Gasteiger partial charge in [0.25, 0.3) is 0 Å². The highest BCUT2D eigenvalue weighted by Crippen LogP contribution is 2.25. The van der Waals surface area contributed by atoms with Crippen molar-refractivity contribution in [3.05, 3.63) is 17.8 Å². The second-order valence-corrected chi connectivity index (χ2v) is 7.87. The molecule has 1 aromatic heterocycles. The summed E-state index contributed by atoms with van der Waals surface area (Å²) in [5, 5.41) is 0. The first-order valence-electron chi connectivity index (χ1n) is 9.90. The van der Waals surface area contributed by atoms with Crippen molar-refractivity contribution in [2.75, 3.05) is 45.8 Å². The average molecular weight is 332 g/mol. The predicted octanol–water partition coefficient (Wildman–Crippen LogP) is 2.16. The van der Waals surface area contributed by atoms with E-state index in [1.54, 1.807) is 0 Å². The Labute approximate surface area is 146 Å². The third kappa shape index (κ3) is 3.84. The molecule has 1 saturated carbocycles. The van der Waals surface area contributed by atoms with E-state index in [9.17, 15) is 0 Å². The van der Waals surface area contributed by atoms with E-state index in [0.717, 1.165) is 36.7 Å². The van der Waals surface area contributed by atoms with Crippen LogP contribution in [0, 0.1) is 6.92 Å². The van der Waals surface area contributed by atoms with Crippen LogP contribution in [0.15, 0.2) is 10.6 Å². The molecule has 3 heterocycles. The van der Waals surface area contributed by atoms with E-state index in [1.807, 2.05) is 13.1 Å². The minimum absolute atomic E-state index is 0.780. The van der Waals surface area contributed by atoms with Crippen molar-refractivity contribution in [2.24, 2.45) is 0 Å². The quantitative estimate of drug-likeness (QED) is 0.826. The zero-order chi connectivity index (χ0) is 16.4. The van der Waals surface area contributed by atoms with Crippen molar-refractivity contribution < 1.29 is 4.42 Å². The van der Waals surface area contributed by atoms with Crippen molar-refractivity contribution in [1.82, 2.24) is 19.7 Å². The van der Waals surface area contributed by atoms with Gasteiger partial charge in [-0.15, -0.1) is 0 Å². The van der Waals surface area contributed by atoms with Crippen LogP contribution >= 0.6 is 0 Å². The first-order chi connectivity index (χ1) is 11.8. The fourth-order valence-electron chi connectivity index (χ4n) is 4.66. The van der Waals surface area contributed by atoms with Crippen molar-refractivity contribution in [3.63, 3.8) is 0 Å². The van der Waals surface area contributed by atoms with Crippen LogP contribution in [-0.4, -0.2) is 77.6 Å². The van der Waals surface area contributed by atoms with Crippen LogP contribution in [0.2, 0.25) is 0 Å². The summed E-state index contributed by atoms with van der Waals surface area (Å²) in [6.45, 7) is 10.6. The van der Waals surface area contributed by atoms with Crippen LogP contribution in [0.5, 0.6) is 0 Å². The van der Waals surface area contributed by atoms with Gasteiger partial charge in [-0.25, -0.2) is 4.98 Å². The van der Waals surface area contributed by atoms with E-state index in [-0.39, 0.29) is 0 Å². The zero-order valence-electron chi connectivity index (χ0n) is 15.1. The molecule has 2 saturated heterocycles. The Morgan fingerprint density at radius 3 is 2.29 bits per heavy atom. The van der Waals surface area contributed by atoms with E-state index >= 15 is 0 Å². The van der Waals surface area contributed by atoms with Gasteiger partial charge < -0.3 is 4.42 Å². The minimum atomic E-state index is 0.780. The molecule has 2 aliphatic heterocycles. The van der Waals surface area contributed by atoms with Gasteiger partial charge in [0.15, 0.2) is 5.89 Å². The van der Waals surface area contributed by atoms with Crippen LogP contribution < -0.4 is 0 Å². The maximum Gasteiger partial charge on any atom is 0.191 e. The van der Waals surface area contributed by atoms with E-state index in [4.69, 9.17) is 4.42 Å². The number of oxazole rings is 1. The molecule has 1 aliphatic carbocycles. The second-order valence-electron chi connectivity index (χ2n) is 7.87. The Kier molecular flexibility index (Phi) is 5.20. The van der Waals surface area contributed by atoms with Crippen molar-refractivity contribution in [2.45, 2.75) is 57.5 Å². The highest BCUT2D eigenvalue weighted by Gasteiger charge is 2.34. The molecule has 24 heavy (non-hydrogen) atoms. The maximum absolute atomic E-state index is 5.56. The summed E-state index contributed by atoms with van der Waals surface area (Å²) in [6.07, 6.45) is 10.1. The number of rotatable bonds is 5. The van der Waals surface area contributed by atoms with Gasteiger partial charge in [-0.3, -0.25) is 14.7 Å². The number of piperazine rings is 1. The van der Waals surface area contributed by atoms with Gasteiger partial charge >= 0.3 is 0 Å². The fourth-order valence-corrected chi connectivity index (χ4v) is 4.66. The molecule has 0 amide bonds. The molecule has 3 aliphatic rings. The van der Waals surface area contributed by atoms with Crippen molar-refractivity contribution in [3.8, 4) is 0 Å². The third-order valence-corrected chi connectivity index (χ3v) is 6.24. The number of likely N-dealkylation sites (tertiary alicyclic amines) is 1. The number of aryl methyl sites for hydroxylation is 1. The van der Waals surface area contributed by atoms with Gasteiger partial charge in [-0.1, -0.05) is 19.3 Å². The summed E-state index contributed by atoms with van der Waals surface area (Å²) in [6, 6.07) is 1.68. The minimum Gasteiger partial charge on any atom is -0.446 e. The van der Waals surface area contributed by atoms with Crippen LogP contribution in [0.25, 0.3) is 0 Å². The van der Waals surface area contributed by atoms with Crippen LogP contribution in [0.1, 0.15) is 43.8 Å². The summed E-state index contributed by atoms with van der Waals surface area (Å²) in [7, 11) is 0. The maximum atomic E-state index is 5.56.